The summed E-state index contributed by atoms with van der Waals surface area (Å²) >= 11 is 1.26. The van der Waals surface area contributed by atoms with E-state index in [0.29, 0.717) is 20.5 Å². The van der Waals surface area contributed by atoms with E-state index in [4.69, 9.17) is 0 Å². The molecule has 1 nitrogen and oxygen atoms in total. The number of hydrogen-bond acceptors (Lipinski definition) is 2. The molecule has 3 aromatic rings. The summed E-state index contributed by atoms with van der Waals surface area (Å²) in [6, 6.07) is 4.86. The second kappa shape index (κ2) is 5.28. The summed E-state index contributed by atoms with van der Waals surface area (Å²) < 4.78 is 60.3. The fourth-order valence-corrected chi connectivity index (χ4v) is 3.57. The van der Waals surface area contributed by atoms with Crippen LogP contribution < -0.4 is 4.74 Å². The lowest BCUT2D eigenvalue weighted by Crippen LogP contribution is -1.99. The molecule has 3 rings (SSSR count). The predicted octanol–water partition coefficient (Wildman–Crippen LogP) is 5.44. The van der Waals surface area contributed by atoms with Crippen molar-refractivity contribution in [1.29, 1.82) is 0 Å². The van der Waals surface area contributed by atoms with Gasteiger partial charge in [-0.15, -0.1) is 11.3 Å². The van der Waals surface area contributed by atoms with Crippen molar-refractivity contribution in [2.45, 2.75) is 6.92 Å². The van der Waals surface area contributed by atoms with Crippen LogP contribution in [0.4, 0.5) is 17.6 Å². The highest BCUT2D eigenvalue weighted by atomic mass is 32.1. The van der Waals surface area contributed by atoms with Crippen LogP contribution in [-0.2, 0) is 0 Å². The summed E-state index contributed by atoms with van der Waals surface area (Å²) in [4.78, 5) is 0.674. The molecule has 0 aliphatic carbocycles. The number of halogens is 4. The number of aryl methyl sites for hydroxylation is 1. The second-order valence-electron chi connectivity index (χ2n) is 4.74. The van der Waals surface area contributed by atoms with Crippen LogP contribution in [0.15, 0.2) is 24.3 Å². The Balaban J connectivity index is 2.37. The van der Waals surface area contributed by atoms with Gasteiger partial charge in [-0.25, -0.2) is 13.2 Å². The topological polar surface area (TPSA) is 9.23 Å². The number of hydrogen-bond donors (Lipinski definition) is 0. The van der Waals surface area contributed by atoms with Gasteiger partial charge in [0.15, 0.2) is 17.4 Å². The molecule has 0 saturated heterocycles. The van der Waals surface area contributed by atoms with E-state index in [0.717, 1.165) is 13.2 Å². The van der Waals surface area contributed by atoms with Crippen LogP contribution in [0, 0.1) is 30.2 Å². The Hall–Kier alpha value is -2.08. The maximum atomic E-state index is 14.5. The van der Waals surface area contributed by atoms with Crippen LogP contribution >= 0.6 is 11.3 Å². The first-order valence-electron chi connectivity index (χ1n) is 6.34. The number of rotatable bonds is 2. The molecule has 0 unspecified atom stereocenters. The molecule has 0 aliphatic rings. The Labute approximate surface area is 127 Å². The molecule has 0 saturated carbocycles. The SMILES string of the molecule is COc1c(F)c(F)cc(-c2c(C)sc3cc(F)ccc23)c1F. The van der Waals surface area contributed by atoms with Gasteiger partial charge in [0.25, 0.3) is 0 Å². The maximum absolute atomic E-state index is 14.5. The Kier molecular flexibility index (Phi) is 3.56. The summed E-state index contributed by atoms with van der Waals surface area (Å²) in [5, 5.41) is 0.580. The number of thiophene rings is 1. The fourth-order valence-electron chi connectivity index (χ4n) is 2.47. The van der Waals surface area contributed by atoms with Crippen LogP contribution in [0.3, 0.4) is 0 Å². The van der Waals surface area contributed by atoms with Crippen LogP contribution in [0.2, 0.25) is 0 Å². The van der Waals surface area contributed by atoms with Crippen molar-refractivity contribution in [1.82, 2.24) is 0 Å². The Morgan fingerprint density at radius 2 is 1.73 bits per heavy atom. The lowest BCUT2D eigenvalue weighted by atomic mass is 10.0. The lowest BCUT2D eigenvalue weighted by molar-refractivity contribution is 0.347. The largest absolute Gasteiger partial charge is 0.491 e. The van der Waals surface area contributed by atoms with E-state index in [-0.39, 0.29) is 5.56 Å². The van der Waals surface area contributed by atoms with Crippen LogP contribution in [0.1, 0.15) is 4.88 Å². The zero-order valence-corrected chi connectivity index (χ0v) is 12.5. The Morgan fingerprint density at radius 3 is 2.41 bits per heavy atom. The monoisotopic (exact) mass is 326 g/mol. The summed E-state index contributed by atoms with van der Waals surface area (Å²) in [6.45, 7) is 1.71. The van der Waals surface area contributed by atoms with Gasteiger partial charge in [0.05, 0.1) is 7.11 Å². The third-order valence-electron chi connectivity index (χ3n) is 3.42. The van der Waals surface area contributed by atoms with E-state index < -0.39 is 29.0 Å². The number of fused-ring (bicyclic) bond motifs is 1. The first kappa shape index (κ1) is 14.8. The minimum Gasteiger partial charge on any atom is -0.491 e. The molecule has 0 bridgehead atoms. The lowest BCUT2D eigenvalue weighted by Gasteiger charge is -2.10. The molecule has 2 aromatic carbocycles. The van der Waals surface area contributed by atoms with Gasteiger partial charge in [-0.3, -0.25) is 0 Å². The number of ether oxygens (including phenoxy) is 1. The Morgan fingerprint density at radius 1 is 1.00 bits per heavy atom. The first-order valence-corrected chi connectivity index (χ1v) is 7.16. The van der Waals surface area contributed by atoms with Gasteiger partial charge in [-0.2, -0.15) is 4.39 Å². The molecule has 6 heteroatoms. The molecule has 0 atom stereocenters. The summed E-state index contributed by atoms with van der Waals surface area (Å²) in [5.74, 6) is -4.73. The molecule has 0 fully saturated rings. The summed E-state index contributed by atoms with van der Waals surface area (Å²) in [6.07, 6.45) is 0. The highest BCUT2D eigenvalue weighted by molar-refractivity contribution is 7.19. The summed E-state index contributed by atoms with van der Waals surface area (Å²) in [5.41, 5.74) is 0.306. The zero-order chi connectivity index (χ0) is 16.0. The predicted molar refractivity (Wildman–Crippen MR) is 78.4 cm³/mol. The highest BCUT2D eigenvalue weighted by Crippen LogP contribution is 2.42. The maximum Gasteiger partial charge on any atom is 0.203 e. The van der Waals surface area contributed by atoms with Crippen molar-refractivity contribution in [2.75, 3.05) is 7.11 Å². The number of benzene rings is 2. The quantitative estimate of drug-likeness (QED) is 0.450. The number of methoxy groups -OCH3 is 1. The molecule has 0 aliphatic heterocycles. The molecule has 114 valence electrons. The fraction of sp³-hybridized carbons (Fsp3) is 0.125. The molecule has 0 N–H and O–H groups in total. The highest BCUT2D eigenvalue weighted by Gasteiger charge is 2.23. The third kappa shape index (κ3) is 2.14. The van der Waals surface area contributed by atoms with E-state index >= 15 is 0 Å². The average Bonchev–Trinajstić information content (AvgIpc) is 2.78. The van der Waals surface area contributed by atoms with E-state index in [9.17, 15) is 17.6 Å². The van der Waals surface area contributed by atoms with Gasteiger partial charge in [0.1, 0.15) is 5.82 Å². The Bertz CT molecular complexity index is 886. The molecule has 0 spiro atoms. The van der Waals surface area contributed by atoms with E-state index in [1.807, 2.05) is 0 Å². The van der Waals surface area contributed by atoms with Gasteiger partial charge in [-0.1, -0.05) is 0 Å². The van der Waals surface area contributed by atoms with Crippen molar-refractivity contribution in [3.8, 4) is 16.9 Å². The van der Waals surface area contributed by atoms with Crippen molar-refractivity contribution < 1.29 is 22.3 Å². The minimum atomic E-state index is -1.37. The van der Waals surface area contributed by atoms with Gasteiger partial charge in [0, 0.05) is 26.1 Å². The van der Waals surface area contributed by atoms with E-state index in [2.05, 4.69) is 4.74 Å². The van der Waals surface area contributed by atoms with Crippen LogP contribution in [0.5, 0.6) is 5.75 Å². The average molecular weight is 326 g/mol. The van der Waals surface area contributed by atoms with Gasteiger partial charge in [-0.05, 0) is 31.2 Å². The normalized spacial score (nSPS) is 11.2. The molecule has 0 radical (unpaired) electrons. The smallest absolute Gasteiger partial charge is 0.203 e. The van der Waals surface area contributed by atoms with Gasteiger partial charge < -0.3 is 4.74 Å². The van der Waals surface area contributed by atoms with Crippen LogP contribution in [0.25, 0.3) is 21.2 Å². The molecular weight excluding hydrogens is 316 g/mol. The third-order valence-corrected chi connectivity index (χ3v) is 4.49. The van der Waals surface area contributed by atoms with E-state index in [1.54, 1.807) is 6.92 Å². The van der Waals surface area contributed by atoms with Gasteiger partial charge >= 0.3 is 0 Å². The molecule has 22 heavy (non-hydrogen) atoms. The standard InChI is InChI=1S/C16H10F4OS/c1-7-13(9-4-3-8(17)5-12(9)22-7)10-6-11(18)15(20)16(21-2)14(10)19/h3-6H,1-2H3. The molecule has 0 amide bonds. The van der Waals surface area contributed by atoms with Crippen molar-refractivity contribution in [3.63, 3.8) is 0 Å². The molecule has 1 heterocycles. The second-order valence-corrected chi connectivity index (χ2v) is 6.00. The van der Waals surface area contributed by atoms with Crippen molar-refractivity contribution >= 4 is 21.4 Å². The zero-order valence-electron chi connectivity index (χ0n) is 11.6. The first-order chi connectivity index (χ1) is 10.4. The van der Waals surface area contributed by atoms with Gasteiger partial charge in [0.2, 0.25) is 5.82 Å². The van der Waals surface area contributed by atoms with E-state index in [1.165, 1.54) is 29.5 Å². The van der Waals surface area contributed by atoms with Crippen molar-refractivity contribution in [3.05, 3.63) is 52.4 Å². The van der Waals surface area contributed by atoms with Crippen LogP contribution in [-0.4, -0.2) is 7.11 Å². The summed E-state index contributed by atoms with van der Waals surface area (Å²) in [7, 11) is 1.07. The minimum absolute atomic E-state index is 0.105. The molecule has 1 aromatic heterocycles. The molecular formula is C16H10F4OS. The van der Waals surface area contributed by atoms with Crippen molar-refractivity contribution in [2.24, 2.45) is 0 Å².